The van der Waals surface area contributed by atoms with Gasteiger partial charge in [0.05, 0.1) is 6.42 Å². The lowest BCUT2D eigenvalue weighted by Crippen LogP contribution is -2.34. The van der Waals surface area contributed by atoms with Gasteiger partial charge in [-0.15, -0.1) is 0 Å². The Morgan fingerprint density at radius 2 is 1.82 bits per heavy atom. The monoisotopic (exact) mass is 235 g/mol. The maximum absolute atomic E-state index is 11.3. The summed E-state index contributed by atoms with van der Waals surface area (Å²) >= 11 is 0. The molecule has 1 aromatic rings. The van der Waals surface area contributed by atoms with Gasteiger partial charge < -0.3 is 10.4 Å². The number of carboxylic acids is 1. The summed E-state index contributed by atoms with van der Waals surface area (Å²) in [5.74, 6) is -2.05. The predicted octanol–water partition coefficient (Wildman–Crippen LogP) is 0.908. The van der Waals surface area contributed by atoms with E-state index in [0.717, 1.165) is 0 Å². The molecule has 0 bridgehead atoms. The number of amides is 1. The highest BCUT2D eigenvalue weighted by molar-refractivity contribution is 5.98. The minimum absolute atomic E-state index is 0.306. The van der Waals surface area contributed by atoms with E-state index in [-0.39, 0.29) is 12.2 Å². The number of Topliss-reactive ketones (excluding diaryl/α,β-unsaturated/α-hetero) is 1. The molecule has 1 amide bonds. The molecule has 0 fully saturated rings. The lowest BCUT2D eigenvalue weighted by Gasteiger charge is -2.14. The molecule has 0 saturated carbocycles. The van der Waals surface area contributed by atoms with Gasteiger partial charge in [-0.3, -0.25) is 9.59 Å². The first-order valence-corrected chi connectivity index (χ1v) is 5.07. The van der Waals surface area contributed by atoms with Crippen LogP contribution in [0.25, 0.3) is 0 Å². The van der Waals surface area contributed by atoms with Crippen molar-refractivity contribution in [2.45, 2.75) is 19.4 Å². The van der Waals surface area contributed by atoms with E-state index in [2.05, 4.69) is 5.32 Å². The van der Waals surface area contributed by atoms with Crippen molar-refractivity contribution in [3.05, 3.63) is 35.9 Å². The van der Waals surface area contributed by atoms with Gasteiger partial charge in [0, 0.05) is 0 Å². The first-order chi connectivity index (χ1) is 8.00. The van der Waals surface area contributed by atoms with E-state index in [1.54, 1.807) is 30.3 Å². The molecule has 0 aliphatic rings. The number of carboxylic acid groups (broad SMARTS) is 1. The Balaban J connectivity index is 2.78. The number of nitrogens with one attached hydrogen (secondary N) is 1. The second kappa shape index (κ2) is 5.79. The third-order valence-electron chi connectivity index (χ3n) is 2.09. The van der Waals surface area contributed by atoms with E-state index in [1.807, 2.05) is 0 Å². The highest BCUT2D eigenvalue weighted by Gasteiger charge is 2.21. The van der Waals surface area contributed by atoms with Crippen LogP contribution in [0.2, 0.25) is 0 Å². The van der Waals surface area contributed by atoms with Gasteiger partial charge in [-0.05, 0) is 12.5 Å². The Morgan fingerprint density at radius 3 is 2.29 bits per heavy atom. The van der Waals surface area contributed by atoms with Crippen LogP contribution in [-0.4, -0.2) is 22.8 Å². The zero-order valence-corrected chi connectivity index (χ0v) is 9.34. The predicted molar refractivity (Wildman–Crippen MR) is 60.3 cm³/mol. The van der Waals surface area contributed by atoms with Crippen molar-refractivity contribution >= 4 is 17.7 Å². The van der Waals surface area contributed by atoms with Gasteiger partial charge in [-0.1, -0.05) is 30.3 Å². The Bertz CT molecular complexity index is 427. The maximum Gasteiger partial charge on any atom is 0.330 e. The zero-order valence-electron chi connectivity index (χ0n) is 9.34. The average Bonchev–Trinajstić information content (AvgIpc) is 2.25. The minimum Gasteiger partial charge on any atom is -0.479 e. The van der Waals surface area contributed by atoms with Crippen LogP contribution < -0.4 is 5.32 Å². The van der Waals surface area contributed by atoms with Crippen LogP contribution in [0.4, 0.5) is 0 Å². The van der Waals surface area contributed by atoms with Crippen LogP contribution in [0.1, 0.15) is 24.9 Å². The number of aliphatic carboxylic acids is 1. The second-order valence-corrected chi connectivity index (χ2v) is 3.63. The average molecular weight is 235 g/mol. The van der Waals surface area contributed by atoms with Crippen LogP contribution in [0, 0.1) is 0 Å². The van der Waals surface area contributed by atoms with Crippen LogP contribution in [0.5, 0.6) is 0 Å². The molecule has 1 aromatic carbocycles. The first-order valence-electron chi connectivity index (χ1n) is 5.07. The SMILES string of the molecule is CC(=O)CC(=O)N[C@H](C(=O)O)c1ccccc1. The molecular weight excluding hydrogens is 222 g/mol. The molecule has 90 valence electrons. The quantitative estimate of drug-likeness (QED) is 0.743. The molecule has 1 rings (SSSR count). The maximum atomic E-state index is 11.3. The molecule has 5 heteroatoms. The zero-order chi connectivity index (χ0) is 12.8. The Morgan fingerprint density at radius 1 is 1.24 bits per heavy atom. The van der Waals surface area contributed by atoms with Gasteiger partial charge >= 0.3 is 5.97 Å². The Labute approximate surface area is 98.4 Å². The van der Waals surface area contributed by atoms with E-state index < -0.39 is 17.9 Å². The van der Waals surface area contributed by atoms with Gasteiger partial charge in [-0.2, -0.15) is 0 Å². The molecule has 0 heterocycles. The third kappa shape index (κ3) is 4.06. The summed E-state index contributed by atoms with van der Waals surface area (Å²) in [5, 5.41) is 11.3. The molecule has 0 aromatic heterocycles. The van der Waals surface area contributed by atoms with Crippen LogP contribution >= 0.6 is 0 Å². The second-order valence-electron chi connectivity index (χ2n) is 3.63. The van der Waals surface area contributed by atoms with E-state index in [4.69, 9.17) is 5.11 Å². The summed E-state index contributed by atoms with van der Waals surface area (Å²) in [4.78, 5) is 33.1. The van der Waals surface area contributed by atoms with Crippen LogP contribution in [0.15, 0.2) is 30.3 Å². The lowest BCUT2D eigenvalue weighted by atomic mass is 10.1. The molecule has 17 heavy (non-hydrogen) atoms. The fraction of sp³-hybridized carbons (Fsp3) is 0.250. The van der Waals surface area contributed by atoms with Crippen molar-refractivity contribution in [2.24, 2.45) is 0 Å². The number of hydrogen-bond donors (Lipinski definition) is 2. The number of hydrogen-bond acceptors (Lipinski definition) is 3. The number of ketones is 1. The van der Waals surface area contributed by atoms with Crippen molar-refractivity contribution in [3.8, 4) is 0 Å². The van der Waals surface area contributed by atoms with E-state index in [9.17, 15) is 14.4 Å². The largest absolute Gasteiger partial charge is 0.479 e. The summed E-state index contributed by atoms with van der Waals surface area (Å²) in [6.07, 6.45) is -0.309. The Hall–Kier alpha value is -2.17. The molecule has 0 radical (unpaired) electrons. The van der Waals surface area contributed by atoms with E-state index in [0.29, 0.717) is 5.56 Å². The normalized spacial score (nSPS) is 11.6. The number of rotatable bonds is 5. The Kier molecular flexibility index (Phi) is 4.39. The molecule has 2 N–H and O–H groups in total. The number of carbonyl (C=O) groups excluding carboxylic acids is 2. The van der Waals surface area contributed by atoms with Gasteiger partial charge in [-0.25, -0.2) is 4.79 Å². The number of carbonyl (C=O) groups is 3. The summed E-state index contributed by atoms with van der Waals surface area (Å²) in [7, 11) is 0. The van der Waals surface area contributed by atoms with E-state index >= 15 is 0 Å². The van der Waals surface area contributed by atoms with Crippen molar-refractivity contribution in [1.82, 2.24) is 5.32 Å². The van der Waals surface area contributed by atoms with Gasteiger partial charge in [0.1, 0.15) is 5.78 Å². The fourth-order valence-corrected chi connectivity index (χ4v) is 1.37. The summed E-state index contributed by atoms with van der Waals surface area (Å²) in [6, 6.07) is 7.20. The van der Waals surface area contributed by atoms with Gasteiger partial charge in [0.25, 0.3) is 0 Å². The van der Waals surface area contributed by atoms with Crippen LogP contribution in [-0.2, 0) is 14.4 Å². The molecule has 0 spiro atoms. The molecule has 1 atom stereocenters. The summed E-state index contributed by atoms with van der Waals surface area (Å²) in [6.45, 7) is 1.28. The molecule has 5 nitrogen and oxygen atoms in total. The van der Waals surface area contributed by atoms with Crippen LogP contribution in [0.3, 0.4) is 0 Å². The van der Waals surface area contributed by atoms with E-state index in [1.165, 1.54) is 6.92 Å². The van der Waals surface area contributed by atoms with Crippen molar-refractivity contribution in [2.75, 3.05) is 0 Å². The molecule has 0 unspecified atom stereocenters. The minimum atomic E-state index is -1.16. The fourth-order valence-electron chi connectivity index (χ4n) is 1.37. The van der Waals surface area contributed by atoms with Crippen molar-refractivity contribution < 1.29 is 19.5 Å². The van der Waals surface area contributed by atoms with Gasteiger partial charge in [0.2, 0.25) is 5.91 Å². The molecule has 0 aliphatic carbocycles. The van der Waals surface area contributed by atoms with Crippen molar-refractivity contribution in [1.29, 1.82) is 0 Å². The third-order valence-corrected chi connectivity index (χ3v) is 2.09. The summed E-state index contributed by atoms with van der Waals surface area (Å²) < 4.78 is 0. The highest BCUT2D eigenvalue weighted by atomic mass is 16.4. The summed E-state index contributed by atoms with van der Waals surface area (Å²) in [5.41, 5.74) is 0.469. The van der Waals surface area contributed by atoms with Gasteiger partial charge in [0.15, 0.2) is 6.04 Å². The topological polar surface area (TPSA) is 83.5 Å². The molecular formula is C12H13NO4. The lowest BCUT2D eigenvalue weighted by molar-refractivity contribution is -0.142. The van der Waals surface area contributed by atoms with Crippen molar-refractivity contribution in [3.63, 3.8) is 0 Å². The molecule has 0 saturated heterocycles. The highest BCUT2D eigenvalue weighted by Crippen LogP contribution is 2.12. The first kappa shape index (κ1) is 12.9. The molecule has 0 aliphatic heterocycles. The standard InChI is InChI=1S/C12H13NO4/c1-8(14)7-10(15)13-11(12(16)17)9-5-3-2-4-6-9/h2-6,11H,7H2,1H3,(H,13,15)(H,16,17)/t11-/m0/s1. The smallest absolute Gasteiger partial charge is 0.330 e. The number of benzene rings is 1.